The number of benzene rings is 1. The van der Waals surface area contributed by atoms with Gasteiger partial charge in [-0.3, -0.25) is 9.69 Å². The molecule has 0 spiro atoms. The molecule has 0 aromatic heterocycles. The number of fused-ring (bicyclic) bond motifs is 1. The quantitative estimate of drug-likeness (QED) is 0.744. The number of hydrogen-bond acceptors (Lipinski definition) is 6. The van der Waals surface area contributed by atoms with Gasteiger partial charge in [0.05, 0.1) is 28.2 Å². The van der Waals surface area contributed by atoms with Crippen molar-refractivity contribution in [2.24, 2.45) is 11.5 Å². The number of carbonyl (C=O) groups is 1. The average Bonchev–Trinajstić information content (AvgIpc) is 2.83. The van der Waals surface area contributed by atoms with E-state index in [4.69, 9.17) is 11.5 Å². The monoisotopic (exact) mass is 328 g/mol. The van der Waals surface area contributed by atoms with Gasteiger partial charge in [0.15, 0.2) is 5.72 Å². The maximum atomic E-state index is 12.1. The van der Waals surface area contributed by atoms with Gasteiger partial charge in [-0.15, -0.1) is 11.8 Å². The van der Waals surface area contributed by atoms with Crippen LogP contribution in [0, 0.1) is 11.3 Å². The van der Waals surface area contributed by atoms with Gasteiger partial charge in [0.1, 0.15) is 5.82 Å². The molecule has 2 aliphatic rings. The van der Waals surface area contributed by atoms with E-state index >= 15 is 0 Å². The number of amides is 1. The van der Waals surface area contributed by atoms with Gasteiger partial charge in [0.2, 0.25) is 5.91 Å². The van der Waals surface area contributed by atoms with Crippen molar-refractivity contribution in [1.82, 2.24) is 4.90 Å². The summed E-state index contributed by atoms with van der Waals surface area (Å²) >= 11 is 1.32. The summed E-state index contributed by atoms with van der Waals surface area (Å²) in [4.78, 5) is 13.6. The van der Waals surface area contributed by atoms with Crippen LogP contribution in [-0.4, -0.2) is 27.4 Å². The summed E-state index contributed by atoms with van der Waals surface area (Å²) in [6.45, 7) is 1.59. The molecule has 2 heterocycles. The lowest BCUT2D eigenvalue weighted by Crippen LogP contribution is -2.47. The van der Waals surface area contributed by atoms with Crippen molar-refractivity contribution in [2.75, 3.05) is 5.75 Å². The molecule has 5 N–H and O–H groups in total. The SMILES string of the molecule is C[C@@]1(O)CSC2=C(C(N)=O)[C@@H](c3ccccc3)C(C#N)=C(N)N21. The number of allylic oxidation sites excluding steroid dienone is 1. The summed E-state index contributed by atoms with van der Waals surface area (Å²) in [7, 11) is 0. The van der Waals surface area contributed by atoms with Crippen LogP contribution >= 0.6 is 11.8 Å². The third kappa shape index (κ3) is 2.27. The van der Waals surface area contributed by atoms with Crippen LogP contribution in [0.4, 0.5) is 0 Å². The molecule has 2 atom stereocenters. The highest BCUT2D eigenvalue weighted by Crippen LogP contribution is 2.50. The summed E-state index contributed by atoms with van der Waals surface area (Å²) in [5.41, 5.74) is 11.8. The zero-order valence-corrected chi connectivity index (χ0v) is 13.3. The molecule has 0 bridgehead atoms. The van der Waals surface area contributed by atoms with Crippen LogP contribution in [0.3, 0.4) is 0 Å². The van der Waals surface area contributed by atoms with Crippen molar-refractivity contribution in [3.05, 3.63) is 57.9 Å². The third-order valence-electron chi connectivity index (χ3n) is 4.01. The van der Waals surface area contributed by atoms with Gasteiger partial charge in [-0.05, 0) is 12.5 Å². The lowest BCUT2D eigenvalue weighted by molar-refractivity contribution is -0.115. The van der Waals surface area contributed by atoms with Crippen LogP contribution in [-0.2, 0) is 4.79 Å². The molecule has 1 fully saturated rings. The molecule has 0 saturated carbocycles. The molecule has 118 valence electrons. The second-order valence-corrected chi connectivity index (χ2v) is 6.64. The average molecular weight is 328 g/mol. The van der Waals surface area contributed by atoms with Crippen LogP contribution in [0.2, 0.25) is 0 Å². The minimum atomic E-state index is -1.27. The van der Waals surface area contributed by atoms with Crippen molar-refractivity contribution in [3.8, 4) is 6.07 Å². The van der Waals surface area contributed by atoms with E-state index in [9.17, 15) is 15.2 Å². The van der Waals surface area contributed by atoms with Gasteiger partial charge < -0.3 is 16.6 Å². The Kier molecular flexibility index (Phi) is 3.59. The molecule has 1 saturated heterocycles. The number of hydrogen-bond donors (Lipinski definition) is 3. The normalized spacial score (nSPS) is 27.0. The summed E-state index contributed by atoms with van der Waals surface area (Å²) in [6, 6.07) is 11.2. The molecule has 1 aromatic carbocycles. The fraction of sp³-hybridized carbons (Fsp3) is 0.250. The Hall–Kier alpha value is -2.43. The maximum absolute atomic E-state index is 12.1. The van der Waals surface area contributed by atoms with E-state index in [0.717, 1.165) is 5.56 Å². The molecule has 1 aromatic rings. The van der Waals surface area contributed by atoms with E-state index < -0.39 is 17.6 Å². The molecule has 1 amide bonds. The molecule has 23 heavy (non-hydrogen) atoms. The van der Waals surface area contributed by atoms with Crippen molar-refractivity contribution in [1.29, 1.82) is 5.26 Å². The second-order valence-electron chi connectivity index (χ2n) is 5.68. The highest BCUT2D eigenvalue weighted by molar-refractivity contribution is 8.03. The zero-order valence-electron chi connectivity index (χ0n) is 12.5. The first kappa shape index (κ1) is 15.5. The second kappa shape index (κ2) is 5.33. The minimum absolute atomic E-state index is 0.163. The highest BCUT2D eigenvalue weighted by atomic mass is 32.2. The summed E-state index contributed by atoms with van der Waals surface area (Å²) in [5.74, 6) is -0.743. The number of thioether (sulfide) groups is 1. The van der Waals surface area contributed by atoms with E-state index in [0.29, 0.717) is 16.4 Å². The number of nitriles is 1. The Labute approximate surface area is 138 Å². The maximum Gasteiger partial charge on any atom is 0.248 e. The molecule has 6 nitrogen and oxygen atoms in total. The fourth-order valence-electron chi connectivity index (χ4n) is 3.00. The van der Waals surface area contributed by atoms with Gasteiger partial charge in [-0.2, -0.15) is 5.26 Å². The van der Waals surface area contributed by atoms with Crippen LogP contribution in [0.5, 0.6) is 0 Å². The van der Waals surface area contributed by atoms with Crippen molar-refractivity contribution in [2.45, 2.75) is 18.6 Å². The fourth-order valence-corrected chi connectivity index (χ4v) is 4.34. The number of carbonyl (C=O) groups excluding carboxylic acids is 1. The highest BCUT2D eigenvalue weighted by Gasteiger charge is 2.48. The summed E-state index contributed by atoms with van der Waals surface area (Å²) in [6.07, 6.45) is 0. The number of primary amides is 1. The molecular formula is C16H16N4O2S. The topological polar surface area (TPSA) is 116 Å². The number of nitrogens with two attached hydrogens (primary N) is 2. The number of aliphatic hydroxyl groups is 1. The third-order valence-corrected chi connectivity index (χ3v) is 5.38. The zero-order chi connectivity index (χ0) is 16.8. The molecule has 7 heteroatoms. The number of nitrogens with zero attached hydrogens (tertiary/aromatic N) is 2. The van der Waals surface area contributed by atoms with Crippen LogP contribution < -0.4 is 11.5 Å². The largest absolute Gasteiger partial charge is 0.384 e. The van der Waals surface area contributed by atoms with E-state index in [1.807, 2.05) is 30.3 Å². The van der Waals surface area contributed by atoms with Gasteiger partial charge in [0, 0.05) is 5.75 Å². The Morgan fingerprint density at radius 3 is 2.70 bits per heavy atom. The van der Waals surface area contributed by atoms with Gasteiger partial charge in [-0.25, -0.2) is 0 Å². The molecule has 0 radical (unpaired) electrons. The Morgan fingerprint density at radius 1 is 1.48 bits per heavy atom. The van der Waals surface area contributed by atoms with E-state index in [1.54, 1.807) is 6.92 Å². The minimum Gasteiger partial charge on any atom is -0.384 e. The molecule has 2 aliphatic heterocycles. The lowest BCUT2D eigenvalue weighted by Gasteiger charge is -2.38. The van der Waals surface area contributed by atoms with Gasteiger partial charge in [0.25, 0.3) is 0 Å². The molecule has 0 aliphatic carbocycles. The van der Waals surface area contributed by atoms with Crippen molar-refractivity contribution < 1.29 is 9.90 Å². The standard InChI is InChI=1S/C16H16N4O2S/c1-16(22)8-23-15-12(14(19)21)11(9-5-3-2-4-6-9)10(7-17)13(18)20(15)16/h2-6,11,22H,8,18H2,1H3,(H2,19,21)/t11-,16+/m0/s1. The first-order chi connectivity index (χ1) is 10.9. The predicted octanol–water partition coefficient (Wildman–Crippen LogP) is 0.932. The first-order valence-corrected chi connectivity index (χ1v) is 8.01. The summed E-state index contributed by atoms with van der Waals surface area (Å²) < 4.78 is 0. The van der Waals surface area contributed by atoms with Crippen LogP contribution in [0.1, 0.15) is 18.4 Å². The first-order valence-electron chi connectivity index (χ1n) is 7.02. The van der Waals surface area contributed by atoms with Gasteiger partial charge in [-0.1, -0.05) is 30.3 Å². The van der Waals surface area contributed by atoms with E-state index in [-0.39, 0.29) is 11.4 Å². The van der Waals surface area contributed by atoms with Gasteiger partial charge >= 0.3 is 0 Å². The Bertz CT molecular complexity index is 777. The predicted molar refractivity (Wildman–Crippen MR) is 87.2 cm³/mol. The van der Waals surface area contributed by atoms with E-state index in [1.165, 1.54) is 16.7 Å². The molecule has 0 unspecified atom stereocenters. The summed E-state index contributed by atoms with van der Waals surface area (Å²) in [5, 5.41) is 20.7. The molecule has 3 rings (SSSR count). The Balaban J connectivity index is 2.29. The van der Waals surface area contributed by atoms with E-state index in [2.05, 4.69) is 6.07 Å². The Morgan fingerprint density at radius 2 is 2.13 bits per heavy atom. The molecular weight excluding hydrogens is 312 g/mol. The smallest absolute Gasteiger partial charge is 0.248 e. The van der Waals surface area contributed by atoms with Crippen molar-refractivity contribution in [3.63, 3.8) is 0 Å². The van der Waals surface area contributed by atoms with Crippen LogP contribution in [0.15, 0.2) is 52.3 Å². The van der Waals surface area contributed by atoms with Crippen LogP contribution in [0.25, 0.3) is 0 Å². The number of rotatable bonds is 2. The van der Waals surface area contributed by atoms with Crippen molar-refractivity contribution >= 4 is 17.7 Å². The lowest BCUT2D eigenvalue weighted by atomic mass is 9.82.